The fourth-order valence-electron chi connectivity index (χ4n) is 2.60. The minimum Gasteiger partial charge on any atom is -0.744 e. The summed E-state index contributed by atoms with van der Waals surface area (Å²) >= 11 is 0. The van der Waals surface area contributed by atoms with Gasteiger partial charge in [0.2, 0.25) is 0 Å². The first-order valence-electron chi connectivity index (χ1n) is 8.38. The van der Waals surface area contributed by atoms with Crippen molar-refractivity contribution in [1.29, 1.82) is 0 Å². The van der Waals surface area contributed by atoms with Crippen LogP contribution in [0.25, 0.3) is 0 Å². The number of benzene rings is 1. The standard InChI is InChI=1S/C16H26O7S2.2Na/c1-2-3-4-5-6-7-8-9-11-14-12-10-13-15(24(17,18)19)16(14)23-25(20,21)22;;/h10,12-13H,2-9,11H2,1H3,(H,17,18,19)(H,20,21,22);;/q;2*+1/p-2. The fourth-order valence-corrected chi connectivity index (χ4v) is 3.70. The Morgan fingerprint density at radius 1 is 0.852 bits per heavy atom. The summed E-state index contributed by atoms with van der Waals surface area (Å²) in [6.07, 6.45) is 8.77. The van der Waals surface area contributed by atoms with Crippen molar-refractivity contribution in [3.05, 3.63) is 23.8 Å². The topological polar surface area (TPSA) is 124 Å². The molecular formula is C16H24Na2O7S2. The van der Waals surface area contributed by atoms with Gasteiger partial charge in [0.1, 0.15) is 10.1 Å². The van der Waals surface area contributed by atoms with E-state index in [1.807, 2.05) is 0 Å². The maximum Gasteiger partial charge on any atom is 1.00 e. The van der Waals surface area contributed by atoms with Crippen LogP contribution in [0.15, 0.2) is 23.1 Å². The maximum atomic E-state index is 11.3. The molecule has 0 aliphatic rings. The average molecular weight is 438 g/mol. The molecule has 7 nitrogen and oxygen atoms in total. The van der Waals surface area contributed by atoms with Gasteiger partial charge in [-0.3, -0.25) is 0 Å². The van der Waals surface area contributed by atoms with Crippen molar-refractivity contribution in [1.82, 2.24) is 0 Å². The van der Waals surface area contributed by atoms with E-state index in [1.54, 1.807) is 0 Å². The summed E-state index contributed by atoms with van der Waals surface area (Å²) in [7, 11) is -10.1. The number of rotatable bonds is 12. The van der Waals surface area contributed by atoms with E-state index in [9.17, 15) is 25.9 Å². The van der Waals surface area contributed by atoms with Gasteiger partial charge in [-0.05, 0) is 24.5 Å². The number of hydrogen-bond donors (Lipinski definition) is 0. The van der Waals surface area contributed by atoms with Gasteiger partial charge < -0.3 is 13.3 Å². The number of aryl methyl sites for hydroxylation is 1. The number of para-hydroxylation sites is 1. The van der Waals surface area contributed by atoms with Gasteiger partial charge in [-0.2, -0.15) is 0 Å². The van der Waals surface area contributed by atoms with E-state index >= 15 is 0 Å². The Labute approximate surface area is 206 Å². The molecule has 11 heteroatoms. The third-order valence-corrected chi connectivity index (χ3v) is 5.05. The van der Waals surface area contributed by atoms with Crippen LogP contribution in [0.3, 0.4) is 0 Å². The minimum atomic E-state index is -5.18. The molecule has 0 saturated carbocycles. The van der Waals surface area contributed by atoms with Crippen LogP contribution < -0.4 is 63.3 Å². The summed E-state index contributed by atoms with van der Waals surface area (Å²) in [6, 6.07) is 3.71. The van der Waals surface area contributed by atoms with Crippen molar-refractivity contribution < 1.29 is 89.2 Å². The summed E-state index contributed by atoms with van der Waals surface area (Å²) < 4.78 is 70.6. The van der Waals surface area contributed by atoms with Gasteiger partial charge in [-0.15, -0.1) is 0 Å². The van der Waals surface area contributed by atoms with Gasteiger partial charge in [0.25, 0.3) is 10.4 Å². The zero-order valence-corrected chi connectivity index (χ0v) is 21.9. The second-order valence-corrected chi connectivity index (χ2v) is 8.25. The van der Waals surface area contributed by atoms with Crippen molar-refractivity contribution >= 4 is 20.5 Å². The van der Waals surface area contributed by atoms with E-state index in [1.165, 1.54) is 37.8 Å². The second-order valence-electron chi connectivity index (χ2n) is 5.91. The number of hydrogen-bond acceptors (Lipinski definition) is 7. The molecule has 0 fully saturated rings. The Hall–Kier alpha value is 0.840. The van der Waals surface area contributed by atoms with Crippen molar-refractivity contribution in [3.8, 4) is 5.75 Å². The molecule has 0 N–H and O–H groups in total. The van der Waals surface area contributed by atoms with Crippen LogP contribution >= 0.6 is 0 Å². The summed E-state index contributed by atoms with van der Waals surface area (Å²) in [5, 5.41) is 0. The normalized spacial score (nSPS) is 11.4. The first-order valence-corrected chi connectivity index (χ1v) is 11.1. The van der Waals surface area contributed by atoms with E-state index in [0.717, 1.165) is 25.3 Å². The average Bonchev–Trinajstić information content (AvgIpc) is 2.48. The summed E-state index contributed by atoms with van der Waals surface area (Å²) in [6.45, 7) is 2.15. The predicted octanol–water partition coefficient (Wildman–Crippen LogP) is -2.88. The van der Waals surface area contributed by atoms with Crippen LogP contribution in [0.4, 0.5) is 0 Å². The molecule has 0 radical (unpaired) electrons. The van der Waals surface area contributed by atoms with Crippen molar-refractivity contribution in [2.24, 2.45) is 0 Å². The van der Waals surface area contributed by atoms with E-state index in [0.29, 0.717) is 12.8 Å². The van der Waals surface area contributed by atoms with Crippen LogP contribution in [0.1, 0.15) is 63.9 Å². The van der Waals surface area contributed by atoms with Gasteiger partial charge >= 0.3 is 59.1 Å². The molecule has 0 heterocycles. The molecule has 0 aliphatic carbocycles. The fraction of sp³-hybridized carbons (Fsp3) is 0.625. The molecule has 1 aromatic rings. The Morgan fingerprint density at radius 2 is 1.37 bits per heavy atom. The second kappa shape index (κ2) is 14.8. The first-order chi connectivity index (χ1) is 11.6. The Morgan fingerprint density at radius 3 is 1.85 bits per heavy atom. The molecule has 1 aromatic carbocycles. The predicted molar refractivity (Wildman–Crippen MR) is 91.0 cm³/mol. The maximum absolute atomic E-state index is 11.3. The van der Waals surface area contributed by atoms with E-state index < -0.39 is 31.2 Å². The quantitative estimate of drug-likeness (QED) is 0.149. The minimum absolute atomic E-state index is 0. The third-order valence-electron chi connectivity index (χ3n) is 3.81. The molecular weight excluding hydrogens is 414 g/mol. The van der Waals surface area contributed by atoms with Gasteiger partial charge in [0.05, 0.1) is 4.90 Å². The van der Waals surface area contributed by atoms with Crippen LogP contribution in [0.5, 0.6) is 5.75 Å². The summed E-state index contributed by atoms with van der Waals surface area (Å²) in [5.74, 6) is -0.671. The molecule has 1 rings (SSSR count). The zero-order chi connectivity index (χ0) is 18.9. The van der Waals surface area contributed by atoms with Crippen LogP contribution in [0.2, 0.25) is 0 Å². The van der Waals surface area contributed by atoms with Crippen molar-refractivity contribution in [2.45, 2.75) is 69.6 Å². The molecule has 27 heavy (non-hydrogen) atoms. The molecule has 0 saturated heterocycles. The molecule has 0 unspecified atom stereocenters. The van der Waals surface area contributed by atoms with E-state index in [2.05, 4.69) is 11.1 Å². The van der Waals surface area contributed by atoms with Gasteiger partial charge in [-0.25, -0.2) is 16.8 Å². The molecule has 0 spiro atoms. The molecule has 0 bridgehead atoms. The molecule has 0 amide bonds. The smallest absolute Gasteiger partial charge is 0.744 e. The monoisotopic (exact) mass is 438 g/mol. The Balaban J connectivity index is 0. The summed E-state index contributed by atoms with van der Waals surface area (Å²) in [5.41, 5.74) is 0.224. The van der Waals surface area contributed by atoms with E-state index in [4.69, 9.17) is 0 Å². The zero-order valence-electron chi connectivity index (χ0n) is 16.3. The molecule has 0 aliphatic heterocycles. The van der Waals surface area contributed by atoms with Crippen LogP contribution in [-0.2, 0) is 26.9 Å². The molecule has 0 atom stereocenters. The largest absolute Gasteiger partial charge is 1.00 e. The SMILES string of the molecule is CCCCCCCCCCc1cccc(S(=O)(=O)[O-])c1OS(=O)(=O)[O-].[Na+].[Na+]. The van der Waals surface area contributed by atoms with Gasteiger partial charge in [0, 0.05) is 0 Å². The first kappa shape index (κ1) is 30.0. The van der Waals surface area contributed by atoms with Crippen molar-refractivity contribution in [2.75, 3.05) is 0 Å². The molecule has 0 aromatic heterocycles. The Bertz CT molecular complexity index is 750. The van der Waals surface area contributed by atoms with Crippen LogP contribution in [-0.4, -0.2) is 25.9 Å². The molecule has 144 valence electrons. The van der Waals surface area contributed by atoms with Crippen LogP contribution in [0, 0.1) is 0 Å². The van der Waals surface area contributed by atoms with Gasteiger partial charge in [-0.1, -0.05) is 64.0 Å². The van der Waals surface area contributed by atoms with E-state index in [-0.39, 0.29) is 64.7 Å². The number of unbranched alkanes of at least 4 members (excludes halogenated alkanes) is 7. The van der Waals surface area contributed by atoms with Gasteiger partial charge in [0.15, 0.2) is 5.75 Å². The summed E-state index contributed by atoms with van der Waals surface area (Å²) in [4.78, 5) is -0.830. The Kier molecular flexibility index (Phi) is 16.4. The van der Waals surface area contributed by atoms with Crippen molar-refractivity contribution in [3.63, 3.8) is 0 Å². The third kappa shape index (κ3) is 12.9.